The largest absolute Gasteiger partial charge is 0.456 e. The van der Waals surface area contributed by atoms with Crippen LogP contribution in [0.15, 0.2) is 152 Å². The van der Waals surface area contributed by atoms with Gasteiger partial charge in [0.15, 0.2) is 0 Å². The minimum atomic E-state index is 0.887. The molecule has 44 heavy (non-hydrogen) atoms. The Morgan fingerprint density at radius 2 is 0.886 bits per heavy atom. The van der Waals surface area contributed by atoms with Gasteiger partial charge in [-0.15, -0.1) is 0 Å². The Kier molecular flexibility index (Phi) is 7.30. The van der Waals surface area contributed by atoms with E-state index in [0.717, 1.165) is 22.6 Å². The fraction of sp³-hybridized carbons (Fsp3) is 0.0698. The Bertz CT molecular complexity index is 2230. The van der Waals surface area contributed by atoms with E-state index in [1.54, 1.807) is 0 Å². The quantitative estimate of drug-likeness (QED) is 0.207. The normalized spacial score (nSPS) is 13.0. The Morgan fingerprint density at radius 3 is 1.50 bits per heavy atom. The van der Waals surface area contributed by atoms with Crippen molar-refractivity contribution >= 4 is 37.9 Å². The zero-order chi connectivity index (χ0) is 30.0. The number of allylic oxidation sites excluding steroid dienone is 3. The zero-order valence-electron chi connectivity index (χ0n) is 25.3. The fourth-order valence-corrected chi connectivity index (χ4v) is 6.13. The molecule has 1 aliphatic heterocycles. The molecule has 7 aromatic rings. The second-order valence-corrected chi connectivity index (χ2v) is 11.0. The van der Waals surface area contributed by atoms with Crippen LogP contribution in [0, 0.1) is 0 Å². The molecular formula is C43H34O. The van der Waals surface area contributed by atoms with E-state index in [0.29, 0.717) is 0 Å². The van der Waals surface area contributed by atoms with Crippen LogP contribution < -0.4 is 4.74 Å². The van der Waals surface area contributed by atoms with E-state index < -0.39 is 0 Å². The molecule has 0 N–H and O–H groups in total. The minimum Gasteiger partial charge on any atom is -0.456 e. The summed E-state index contributed by atoms with van der Waals surface area (Å²) in [6, 6.07) is 48.2. The first-order valence-electron chi connectivity index (χ1n) is 15.5. The monoisotopic (exact) mass is 566 g/mol. The van der Waals surface area contributed by atoms with Gasteiger partial charge in [-0.05, 0) is 110 Å². The lowest BCUT2D eigenvalue weighted by Gasteiger charge is -2.24. The average molecular weight is 567 g/mol. The molecule has 0 atom stereocenters. The van der Waals surface area contributed by atoms with E-state index in [-0.39, 0.29) is 0 Å². The molecule has 0 radical (unpaired) electrons. The van der Waals surface area contributed by atoms with Gasteiger partial charge in [-0.2, -0.15) is 0 Å². The van der Waals surface area contributed by atoms with Crippen LogP contribution in [-0.2, 0) is 0 Å². The van der Waals surface area contributed by atoms with Crippen LogP contribution in [0.3, 0.4) is 0 Å². The summed E-state index contributed by atoms with van der Waals surface area (Å²) < 4.78 is 6.47. The first-order chi connectivity index (χ1) is 21.7. The fourth-order valence-electron chi connectivity index (χ4n) is 6.13. The molecule has 212 valence electrons. The highest BCUT2D eigenvalue weighted by Crippen LogP contribution is 2.46. The van der Waals surface area contributed by atoms with Gasteiger partial charge in [0.2, 0.25) is 0 Å². The van der Waals surface area contributed by atoms with E-state index in [1.807, 2.05) is 13.8 Å². The van der Waals surface area contributed by atoms with Crippen molar-refractivity contribution in [1.29, 1.82) is 0 Å². The summed E-state index contributed by atoms with van der Waals surface area (Å²) in [6.45, 7) is 6.05. The molecular weight excluding hydrogens is 532 g/mol. The topological polar surface area (TPSA) is 9.23 Å². The molecule has 0 spiro atoms. The molecule has 0 aromatic heterocycles. The molecule has 0 bridgehead atoms. The first-order valence-corrected chi connectivity index (χ1v) is 15.5. The van der Waals surface area contributed by atoms with Crippen LogP contribution in [0.1, 0.15) is 31.9 Å². The first kappa shape index (κ1) is 27.4. The van der Waals surface area contributed by atoms with Crippen molar-refractivity contribution in [1.82, 2.24) is 0 Å². The molecule has 8 rings (SSSR count). The Labute approximate surface area is 259 Å². The molecule has 1 aliphatic rings. The van der Waals surface area contributed by atoms with Crippen molar-refractivity contribution in [3.63, 3.8) is 0 Å². The van der Waals surface area contributed by atoms with Gasteiger partial charge in [0.25, 0.3) is 0 Å². The number of benzene rings is 7. The van der Waals surface area contributed by atoms with Crippen molar-refractivity contribution in [2.75, 3.05) is 0 Å². The lowest BCUT2D eigenvalue weighted by atomic mass is 9.89. The van der Waals surface area contributed by atoms with E-state index in [2.05, 4.69) is 159 Å². The maximum Gasteiger partial charge on any atom is 0.135 e. The van der Waals surface area contributed by atoms with Gasteiger partial charge < -0.3 is 4.74 Å². The molecule has 0 unspecified atom stereocenters. The summed E-state index contributed by atoms with van der Waals surface area (Å²) in [5.41, 5.74) is 8.25. The molecule has 1 heterocycles. The van der Waals surface area contributed by atoms with Gasteiger partial charge in [-0.3, -0.25) is 0 Å². The number of fused-ring (bicyclic) bond motifs is 5. The molecule has 0 saturated heterocycles. The summed E-state index contributed by atoms with van der Waals surface area (Å²) in [7, 11) is 0. The van der Waals surface area contributed by atoms with E-state index >= 15 is 0 Å². The molecule has 7 aromatic carbocycles. The molecule has 0 aliphatic carbocycles. The standard InChI is InChI=1S/C41H28O.C2H6/c1-2-3-12-37-38-25-36(19-20-40(38)42-41-26-30-11-7-6-10-29(30)24-39(37)41)35-18-17-33-22-32(15-16-34(33)23-35)31-14-13-27-8-4-5-9-28(27)21-31;1-2/h2-26H,1H3;1-2H3/b3-2-,37-12-;. The van der Waals surface area contributed by atoms with E-state index in [1.165, 1.54) is 60.1 Å². The molecule has 0 saturated carbocycles. The number of hydrogen-bond donors (Lipinski definition) is 0. The Balaban J connectivity index is 0.00000153. The van der Waals surface area contributed by atoms with Crippen LogP contribution in [0.2, 0.25) is 0 Å². The van der Waals surface area contributed by atoms with Gasteiger partial charge in [0.05, 0.1) is 0 Å². The Hall–Kier alpha value is -5.40. The van der Waals surface area contributed by atoms with Crippen LogP contribution in [0.5, 0.6) is 11.5 Å². The van der Waals surface area contributed by atoms with Crippen molar-refractivity contribution in [2.45, 2.75) is 20.8 Å². The lowest BCUT2D eigenvalue weighted by molar-refractivity contribution is 0.475. The number of rotatable bonds is 3. The van der Waals surface area contributed by atoms with Gasteiger partial charge in [-0.25, -0.2) is 0 Å². The van der Waals surface area contributed by atoms with Gasteiger partial charge >= 0.3 is 0 Å². The predicted octanol–water partition coefficient (Wildman–Crippen LogP) is 12.6. The van der Waals surface area contributed by atoms with Crippen molar-refractivity contribution < 1.29 is 4.74 Å². The minimum absolute atomic E-state index is 0.887. The molecule has 1 nitrogen and oxygen atoms in total. The lowest BCUT2D eigenvalue weighted by Crippen LogP contribution is -2.03. The second kappa shape index (κ2) is 11.7. The predicted molar refractivity (Wildman–Crippen MR) is 190 cm³/mol. The molecule has 0 amide bonds. The van der Waals surface area contributed by atoms with Crippen LogP contribution >= 0.6 is 0 Å². The second-order valence-electron chi connectivity index (χ2n) is 11.0. The summed E-state index contributed by atoms with van der Waals surface area (Å²) in [4.78, 5) is 0. The van der Waals surface area contributed by atoms with Crippen LogP contribution in [0.4, 0.5) is 0 Å². The highest BCUT2D eigenvalue weighted by molar-refractivity contribution is 5.97. The van der Waals surface area contributed by atoms with Crippen molar-refractivity contribution in [3.8, 4) is 33.8 Å². The number of ether oxygens (including phenoxy) is 1. The van der Waals surface area contributed by atoms with Crippen molar-refractivity contribution in [2.24, 2.45) is 0 Å². The maximum absolute atomic E-state index is 6.47. The Morgan fingerprint density at radius 1 is 0.432 bits per heavy atom. The SMILES string of the molecule is C/C=C\C=C1\c2cc(-c3ccc4cc(-c5ccc6ccccc6c5)ccc4c3)ccc2Oc2cc3ccccc3cc21.CC. The summed E-state index contributed by atoms with van der Waals surface area (Å²) in [5, 5.41) is 7.39. The number of hydrogen-bond acceptors (Lipinski definition) is 1. The van der Waals surface area contributed by atoms with E-state index in [4.69, 9.17) is 4.74 Å². The maximum atomic E-state index is 6.47. The highest BCUT2D eigenvalue weighted by Gasteiger charge is 2.23. The third kappa shape index (κ3) is 4.97. The molecule has 1 heteroatoms. The van der Waals surface area contributed by atoms with Gasteiger partial charge in [-0.1, -0.05) is 123 Å². The zero-order valence-corrected chi connectivity index (χ0v) is 25.3. The average Bonchev–Trinajstić information content (AvgIpc) is 3.09. The van der Waals surface area contributed by atoms with Gasteiger partial charge in [0, 0.05) is 11.1 Å². The van der Waals surface area contributed by atoms with Crippen LogP contribution in [-0.4, -0.2) is 0 Å². The van der Waals surface area contributed by atoms with Crippen LogP contribution in [0.25, 0.3) is 60.1 Å². The summed E-state index contributed by atoms with van der Waals surface area (Å²) in [6.07, 6.45) is 6.38. The van der Waals surface area contributed by atoms with Crippen molar-refractivity contribution in [3.05, 3.63) is 163 Å². The third-order valence-corrected chi connectivity index (χ3v) is 8.34. The third-order valence-electron chi connectivity index (χ3n) is 8.34. The van der Waals surface area contributed by atoms with E-state index in [9.17, 15) is 0 Å². The van der Waals surface area contributed by atoms with Gasteiger partial charge in [0.1, 0.15) is 11.5 Å². The summed E-state index contributed by atoms with van der Waals surface area (Å²) >= 11 is 0. The summed E-state index contributed by atoms with van der Waals surface area (Å²) in [5.74, 6) is 1.79. The smallest absolute Gasteiger partial charge is 0.135 e. The molecule has 0 fully saturated rings. The highest BCUT2D eigenvalue weighted by atomic mass is 16.5.